The lowest BCUT2D eigenvalue weighted by Gasteiger charge is -2.36. The molecule has 0 atom stereocenters. The van der Waals surface area contributed by atoms with Crippen LogP contribution in [0, 0.1) is 15.9 Å². The maximum atomic E-state index is 13.5. The second-order valence-electron chi connectivity index (χ2n) is 8.61. The lowest BCUT2D eigenvalue weighted by molar-refractivity contribution is -0.383. The summed E-state index contributed by atoms with van der Waals surface area (Å²) in [4.78, 5) is 27.7. The number of nitro groups is 1. The van der Waals surface area contributed by atoms with Crippen LogP contribution in [-0.2, 0) is 6.42 Å². The molecule has 1 aliphatic rings. The second-order valence-corrected chi connectivity index (χ2v) is 8.61. The summed E-state index contributed by atoms with van der Waals surface area (Å²) in [5.41, 5.74) is 2.59. The number of ether oxygens (including phenoxy) is 2. The van der Waals surface area contributed by atoms with E-state index in [1.165, 1.54) is 24.3 Å². The van der Waals surface area contributed by atoms with E-state index in [1.807, 2.05) is 18.2 Å². The number of anilines is 2. The number of nitrogens with one attached hydrogen (secondary N) is 1. The lowest BCUT2D eigenvalue weighted by Crippen LogP contribution is -2.48. The fraction of sp³-hybridized carbons (Fsp3) is 0.296. The molecular formula is C27H29FN4O5. The molecule has 10 heteroatoms. The monoisotopic (exact) mass is 508 g/mol. The SMILES string of the molecule is COc1ccc(CCNc2cc(N3CCN(C(=O)c4cccc(F)c4)CC3)ccc2[N+](=O)[O-])cc1OC. The number of hydrogen-bond acceptors (Lipinski definition) is 7. The summed E-state index contributed by atoms with van der Waals surface area (Å²) in [7, 11) is 3.15. The van der Waals surface area contributed by atoms with Crippen molar-refractivity contribution in [3.63, 3.8) is 0 Å². The Morgan fingerprint density at radius 3 is 2.43 bits per heavy atom. The Labute approximate surface area is 214 Å². The molecule has 37 heavy (non-hydrogen) atoms. The van der Waals surface area contributed by atoms with Crippen molar-refractivity contribution in [1.29, 1.82) is 0 Å². The standard InChI is InChI=1S/C27H29FN4O5/c1-36-25-9-6-19(16-26(25)37-2)10-11-29-23-18-22(7-8-24(23)32(34)35)30-12-14-31(15-13-30)27(33)20-4-3-5-21(28)17-20/h3-9,16-18,29H,10-15H2,1-2H3. The fourth-order valence-corrected chi connectivity index (χ4v) is 4.37. The van der Waals surface area contributed by atoms with E-state index in [0.29, 0.717) is 61.9 Å². The van der Waals surface area contributed by atoms with Gasteiger partial charge in [0.2, 0.25) is 0 Å². The molecule has 0 aliphatic carbocycles. The average molecular weight is 509 g/mol. The zero-order valence-corrected chi connectivity index (χ0v) is 20.8. The van der Waals surface area contributed by atoms with E-state index < -0.39 is 10.7 Å². The molecule has 0 unspecified atom stereocenters. The van der Waals surface area contributed by atoms with Crippen molar-refractivity contribution < 1.29 is 23.6 Å². The first-order chi connectivity index (χ1) is 17.9. The predicted molar refractivity (Wildman–Crippen MR) is 139 cm³/mol. The zero-order valence-electron chi connectivity index (χ0n) is 20.8. The molecule has 1 heterocycles. The molecule has 4 rings (SSSR count). The highest BCUT2D eigenvalue weighted by Gasteiger charge is 2.24. The summed E-state index contributed by atoms with van der Waals surface area (Å²) in [5.74, 6) is 0.616. The number of methoxy groups -OCH3 is 2. The van der Waals surface area contributed by atoms with Gasteiger partial charge in [-0.2, -0.15) is 0 Å². The Morgan fingerprint density at radius 1 is 1.00 bits per heavy atom. The van der Waals surface area contributed by atoms with Crippen molar-refractivity contribution >= 4 is 23.0 Å². The summed E-state index contributed by atoms with van der Waals surface area (Å²) >= 11 is 0. The summed E-state index contributed by atoms with van der Waals surface area (Å²) in [5, 5.41) is 14.8. The maximum Gasteiger partial charge on any atom is 0.292 e. The van der Waals surface area contributed by atoms with Crippen LogP contribution in [0.2, 0.25) is 0 Å². The molecule has 9 nitrogen and oxygen atoms in total. The van der Waals surface area contributed by atoms with Crippen LogP contribution in [0.5, 0.6) is 11.5 Å². The number of carbonyl (C=O) groups is 1. The Morgan fingerprint density at radius 2 is 1.76 bits per heavy atom. The van der Waals surface area contributed by atoms with Crippen molar-refractivity contribution in [1.82, 2.24) is 4.90 Å². The van der Waals surface area contributed by atoms with Gasteiger partial charge in [-0.15, -0.1) is 0 Å². The highest BCUT2D eigenvalue weighted by Crippen LogP contribution is 2.31. The van der Waals surface area contributed by atoms with E-state index in [1.54, 1.807) is 37.3 Å². The Bertz CT molecular complexity index is 1280. The quantitative estimate of drug-likeness (QED) is 0.339. The fourth-order valence-electron chi connectivity index (χ4n) is 4.37. The molecule has 194 valence electrons. The van der Waals surface area contributed by atoms with Gasteiger partial charge in [-0.05, 0) is 54.4 Å². The first-order valence-electron chi connectivity index (χ1n) is 11.9. The van der Waals surface area contributed by atoms with Gasteiger partial charge in [0.05, 0.1) is 19.1 Å². The van der Waals surface area contributed by atoms with E-state index in [0.717, 1.165) is 11.3 Å². The normalized spacial score (nSPS) is 13.3. The van der Waals surface area contributed by atoms with Gasteiger partial charge in [0.25, 0.3) is 11.6 Å². The molecule has 0 saturated carbocycles. The number of carbonyl (C=O) groups excluding carboxylic acids is 1. The van der Waals surface area contributed by atoms with Gasteiger partial charge in [-0.1, -0.05) is 12.1 Å². The Balaban J connectivity index is 1.40. The third-order valence-electron chi connectivity index (χ3n) is 6.36. The van der Waals surface area contributed by atoms with Gasteiger partial charge in [-0.25, -0.2) is 4.39 Å². The van der Waals surface area contributed by atoms with Crippen molar-refractivity contribution in [2.24, 2.45) is 0 Å². The van der Waals surface area contributed by atoms with Crippen LogP contribution in [0.3, 0.4) is 0 Å². The molecule has 1 fully saturated rings. The van der Waals surface area contributed by atoms with Crippen LogP contribution >= 0.6 is 0 Å². The van der Waals surface area contributed by atoms with E-state index >= 15 is 0 Å². The minimum atomic E-state index is -0.443. The number of rotatable bonds is 9. The Hall–Kier alpha value is -4.34. The molecule has 1 aliphatic heterocycles. The largest absolute Gasteiger partial charge is 0.493 e. The summed E-state index contributed by atoms with van der Waals surface area (Å²) in [6.45, 7) is 2.53. The van der Waals surface area contributed by atoms with Gasteiger partial charge < -0.3 is 24.6 Å². The number of nitrogens with zero attached hydrogens (tertiary/aromatic N) is 3. The third-order valence-corrected chi connectivity index (χ3v) is 6.36. The topological polar surface area (TPSA) is 97.2 Å². The van der Waals surface area contributed by atoms with Crippen LogP contribution in [0.25, 0.3) is 0 Å². The Kier molecular flexibility index (Phi) is 8.07. The molecule has 3 aromatic carbocycles. The first-order valence-corrected chi connectivity index (χ1v) is 11.9. The number of halogens is 1. The van der Waals surface area contributed by atoms with Crippen molar-refractivity contribution in [2.75, 3.05) is 57.2 Å². The minimum absolute atomic E-state index is 0.00372. The van der Waals surface area contributed by atoms with Crippen molar-refractivity contribution in [3.8, 4) is 11.5 Å². The maximum absolute atomic E-state index is 13.5. The van der Waals surface area contributed by atoms with Gasteiger partial charge in [-0.3, -0.25) is 14.9 Å². The molecule has 1 amide bonds. The van der Waals surface area contributed by atoms with Crippen molar-refractivity contribution in [2.45, 2.75) is 6.42 Å². The van der Waals surface area contributed by atoms with Gasteiger partial charge >= 0.3 is 0 Å². The average Bonchev–Trinajstić information content (AvgIpc) is 2.92. The van der Waals surface area contributed by atoms with Gasteiger partial charge in [0.1, 0.15) is 11.5 Å². The number of benzene rings is 3. The first kappa shape index (κ1) is 25.7. The highest BCUT2D eigenvalue weighted by molar-refractivity contribution is 5.94. The summed E-state index contributed by atoms with van der Waals surface area (Å²) in [6.07, 6.45) is 0.628. The smallest absolute Gasteiger partial charge is 0.292 e. The lowest BCUT2D eigenvalue weighted by atomic mass is 10.1. The van der Waals surface area contributed by atoms with E-state index in [9.17, 15) is 19.3 Å². The third kappa shape index (κ3) is 6.08. The van der Waals surface area contributed by atoms with Crippen LogP contribution in [0.15, 0.2) is 60.7 Å². The van der Waals surface area contributed by atoms with Crippen LogP contribution in [-0.4, -0.2) is 62.7 Å². The molecule has 0 radical (unpaired) electrons. The van der Waals surface area contributed by atoms with Gasteiger partial charge in [0, 0.05) is 50.0 Å². The predicted octanol–water partition coefficient (Wildman–Crippen LogP) is 4.37. The van der Waals surface area contributed by atoms with E-state index in [-0.39, 0.29) is 11.6 Å². The van der Waals surface area contributed by atoms with Crippen LogP contribution in [0.4, 0.5) is 21.5 Å². The molecule has 1 N–H and O–H groups in total. The minimum Gasteiger partial charge on any atom is -0.493 e. The van der Waals surface area contributed by atoms with Crippen LogP contribution in [0.1, 0.15) is 15.9 Å². The number of piperazine rings is 1. The van der Waals surface area contributed by atoms with Crippen LogP contribution < -0.4 is 19.7 Å². The molecule has 0 spiro atoms. The van der Waals surface area contributed by atoms with Gasteiger partial charge in [0.15, 0.2) is 11.5 Å². The van der Waals surface area contributed by atoms with E-state index in [4.69, 9.17) is 9.47 Å². The van der Waals surface area contributed by atoms with Crippen molar-refractivity contribution in [3.05, 3.63) is 87.7 Å². The summed E-state index contributed by atoms with van der Waals surface area (Å²) < 4.78 is 24.1. The number of hydrogen-bond donors (Lipinski definition) is 1. The van der Waals surface area contributed by atoms with E-state index in [2.05, 4.69) is 10.2 Å². The molecule has 0 aromatic heterocycles. The highest BCUT2D eigenvalue weighted by atomic mass is 19.1. The molecule has 1 saturated heterocycles. The second kappa shape index (κ2) is 11.6. The molecule has 3 aromatic rings. The number of nitro benzene ring substituents is 1. The zero-order chi connectivity index (χ0) is 26.4. The number of amides is 1. The molecule has 0 bridgehead atoms. The molecular weight excluding hydrogens is 479 g/mol. The summed E-state index contributed by atoms with van der Waals surface area (Å²) in [6, 6.07) is 16.3.